The van der Waals surface area contributed by atoms with Gasteiger partial charge in [0.25, 0.3) is 0 Å². The summed E-state index contributed by atoms with van der Waals surface area (Å²) in [6, 6.07) is 7.41. The molecule has 1 unspecified atom stereocenters. The van der Waals surface area contributed by atoms with Crippen molar-refractivity contribution < 1.29 is 14.7 Å². The van der Waals surface area contributed by atoms with Crippen molar-refractivity contribution in [1.82, 2.24) is 15.1 Å². The van der Waals surface area contributed by atoms with Crippen molar-refractivity contribution >= 4 is 35.2 Å². The zero-order valence-corrected chi connectivity index (χ0v) is 17.1. The second-order valence-electron chi connectivity index (χ2n) is 7.08. The van der Waals surface area contributed by atoms with Crippen LogP contribution in [0.1, 0.15) is 38.3 Å². The second kappa shape index (κ2) is 10.00. The van der Waals surface area contributed by atoms with E-state index in [9.17, 15) is 14.7 Å². The lowest BCUT2D eigenvalue weighted by Crippen LogP contribution is -2.50. The average molecular weight is 404 g/mol. The first kappa shape index (κ1) is 22.5. The molecular formula is C18H27Cl2N3O3. The highest BCUT2D eigenvalue weighted by atomic mass is 35.5. The number of nitrogens with zero attached hydrogens (tertiary/aromatic N) is 2. The molecule has 1 atom stereocenters. The second-order valence-corrected chi connectivity index (χ2v) is 7.90. The maximum atomic E-state index is 12.0. The predicted octanol–water partition coefficient (Wildman–Crippen LogP) is 3.79. The van der Waals surface area contributed by atoms with Gasteiger partial charge >= 0.3 is 6.09 Å². The SMILES string of the molecule is CN(CCCNC(=O)CN(C(=O)O)C(C)(C)C)C(Cl)c1ccccc1Cl. The minimum absolute atomic E-state index is 0.188. The van der Waals surface area contributed by atoms with Crippen molar-refractivity contribution in [1.29, 1.82) is 0 Å². The van der Waals surface area contributed by atoms with Crippen molar-refractivity contribution in [2.75, 3.05) is 26.7 Å². The number of carbonyl (C=O) groups is 2. The molecule has 0 heterocycles. The molecule has 2 N–H and O–H groups in total. The Morgan fingerprint density at radius 1 is 1.27 bits per heavy atom. The van der Waals surface area contributed by atoms with Gasteiger partial charge in [0.15, 0.2) is 0 Å². The monoisotopic (exact) mass is 403 g/mol. The Bertz CT molecular complexity index is 620. The first-order valence-electron chi connectivity index (χ1n) is 8.40. The molecule has 1 rings (SSSR count). The Morgan fingerprint density at radius 3 is 2.42 bits per heavy atom. The molecule has 1 aromatic carbocycles. The number of amides is 2. The summed E-state index contributed by atoms with van der Waals surface area (Å²) in [6.07, 6.45) is -0.435. The number of hydrogen-bond acceptors (Lipinski definition) is 3. The van der Waals surface area contributed by atoms with Gasteiger partial charge in [-0.3, -0.25) is 14.6 Å². The lowest BCUT2D eigenvalue weighted by molar-refractivity contribution is -0.122. The summed E-state index contributed by atoms with van der Waals surface area (Å²) in [5.41, 5.74) is -0.156. The Morgan fingerprint density at radius 2 is 1.88 bits per heavy atom. The summed E-state index contributed by atoms with van der Waals surface area (Å²) in [4.78, 5) is 26.3. The molecule has 0 saturated carbocycles. The van der Waals surface area contributed by atoms with E-state index in [1.165, 1.54) is 0 Å². The fourth-order valence-electron chi connectivity index (χ4n) is 2.37. The number of carbonyl (C=O) groups excluding carboxylic acids is 1. The van der Waals surface area contributed by atoms with E-state index in [0.29, 0.717) is 24.5 Å². The highest BCUT2D eigenvalue weighted by Gasteiger charge is 2.27. The van der Waals surface area contributed by atoms with Crippen molar-refractivity contribution in [3.05, 3.63) is 34.9 Å². The number of hydrogen-bond donors (Lipinski definition) is 2. The van der Waals surface area contributed by atoms with E-state index in [1.807, 2.05) is 30.1 Å². The fourth-order valence-corrected chi connectivity index (χ4v) is 2.95. The first-order valence-corrected chi connectivity index (χ1v) is 9.21. The van der Waals surface area contributed by atoms with E-state index in [-0.39, 0.29) is 18.0 Å². The van der Waals surface area contributed by atoms with Crippen LogP contribution in [0.5, 0.6) is 0 Å². The van der Waals surface area contributed by atoms with Gasteiger partial charge in [-0.15, -0.1) is 11.6 Å². The summed E-state index contributed by atoms with van der Waals surface area (Å²) < 4.78 is 0. The molecule has 6 nitrogen and oxygen atoms in total. The summed E-state index contributed by atoms with van der Waals surface area (Å²) in [7, 11) is 1.88. The van der Waals surface area contributed by atoms with Crippen molar-refractivity contribution in [3.63, 3.8) is 0 Å². The maximum Gasteiger partial charge on any atom is 0.408 e. The summed E-state index contributed by atoms with van der Waals surface area (Å²) in [5, 5.41) is 12.6. The first-order chi connectivity index (χ1) is 12.0. The fraction of sp³-hybridized carbons (Fsp3) is 0.556. The molecule has 0 radical (unpaired) electrons. The number of alkyl halides is 1. The van der Waals surface area contributed by atoms with Crippen LogP contribution in [0.25, 0.3) is 0 Å². The Labute approximate surface area is 165 Å². The Balaban J connectivity index is 2.40. The third-order valence-corrected chi connectivity index (χ3v) is 4.81. The molecule has 0 spiro atoms. The van der Waals surface area contributed by atoms with E-state index >= 15 is 0 Å². The summed E-state index contributed by atoms with van der Waals surface area (Å²) in [5.74, 6) is -0.321. The Kier molecular flexibility index (Phi) is 8.67. The standard InChI is InChI=1S/C18H27Cl2N3O3/c1-18(2,3)23(17(25)26)12-15(24)21-10-7-11-22(4)16(20)13-8-5-6-9-14(13)19/h5-6,8-9,16H,7,10-12H2,1-4H3,(H,21,24)(H,25,26). The summed E-state index contributed by atoms with van der Waals surface area (Å²) in [6.45, 7) is 6.15. The lowest BCUT2D eigenvalue weighted by atomic mass is 10.1. The van der Waals surface area contributed by atoms with Crippen molar-refractivity contribution in [2.45, 2.75) is 38.2 Å². The Hall–Kier alpha value is -1.50. The highest BCUT2D eigenvalue weighted by Crippen LogP contribution is 2.29. The largest absolute Gasteiger partial charge is 0.465 e. The molecule has 8 heteroatoms. The molecule has 0 fully saturated rings. The minimum Gasteiger partial charge on any atom is -0.465 e. The van der Waals surface area contributed by atoms with E-state index in [2.05, 4.69) is 5.32 Å². The molecule has 0 aliphatic carbocycles. The van der Waals surface area contributed by atoms with Crippen LogP contribution in [-0.4, -0.2) is 59.1 Å². The van der Waals surface area contributed by atoms with Gasteiger partial charge in [-0.25, -0.2) is 4.79 Å². The van der Waals surface area contributed by atoms with Crippen molar-refractivity contribution in [3.8, 4) is 0 Å². The molecule has 2 amide bonds. The third kappa shape index (κ3) is 7.02. The third-order valence-electron chi connectivity index (χ3n) is 3.90. The van der Waals surface area contributed by atoms with Crippen LogP contribution in [0.3, 0.4) is 0 Å². The predicted molar refractivity (Wildman–Crippen MR) is 105 cm³/mol. The van der Waals surface area contributed by atoms with Gasteiger partial charge in [0.05, 0.1) is 0 Å². The van der Waals surface area contributed by atoms with Gasteiger partial charge in [-0.05, 0) is 40.3 Å². The number of rotatable bonds is 8. The van der Waals surface area contributed by atoms with E-state index < -0.39 is 11.6 Å². The summed E-state index contributed by atoms with van der Waals surface area (Å²) >= 11 is 12.6. The molecule has 146 valence electrons. The molecule has 0 aliphatic rings. The van der Waals surface area contributed by atoms with Crippen LogP contribution in [0, 0.1) is 0 Å². The van der Waals surface area contributed by atoms with Gasteiger partial charge in [0, 0.05) is 29.2 Å². The molecule has 26 heavy (non-hydrogen) atoms. The smallest absolute Gasteiger partial charge is 0.408 e. The average Bonchev–Trinajstić information content (AvgIpc) is 2.54. The van der Waals surface area contributed by atoms with Crippen LogP contribution < -0.4 is 5.32 Å². The normalized spacial score (nSPS) is 12.7. The highest BCUT2D eigenvalue weighted by molar-refractivity contribution is 6.32. The quantitative estimate of drug-likeness (QED) is 0.393. The van der Waals surface area contributed by atoms with Gasteiger partial charge in [-0.1, -0.05) is 29.8 Å². The molecular weight excluding hydrogens is 377 g/mol. The molecule has 0 saturated heterocycles. The molecule has 0 aromatic heterocycles. The number of halogens is 2. The van der Waals surface area contributed by atoms with E-state index in [4.69, 9.17) is 23.2 Å². The van der Waals surface area contributed by atoms with Crippen LogP contribution in [-0.2, 0) is 4.79 Å². The van der Waals surface area contributed by atoms with Gasteiger partial charge < -0.3 is 10.4 Å². The maximum absolute atomic E-state index is 12.0. The van der Waals surface area contributed by atoms with Crippen LogP contribution in [0.15, 0.2) is 24.3 Å². The van der Waals surface area contributed by atoms with E-state index in [1.54, 1.807) is 26.8 Å². The molecule has 0 aliphatic heterocycles. The van der Waals surface area contributed by atoms with E-state index in [0.717, 1.165) is 10.5 Å². The van der Waals surface area contributed by atoms with Gasteiger partial charge in [-0.2, -0.15) is 0 Å². The van der Waals surface area contributed by atoms with Crippen LogP contribution in [0.2, 0.25) is 5.02 Å². The van der Waals surface area contributed by atoms with Crippen LogP contribution >= 0.6 is 23.2 Å². The molecule has 1 aromatic rings. The topological polar surface area (TPSA) is 72.9 Å². The molecule has 0 bridgehead atoms. The zero-order valence-electron chi connectivity index (χ0n) is 15.6. The van der Waals surface area contributed by atoms with Gasteiger partial charge in [0.1, 0.15) is 12.0 Å². The lowest BCUT2D eigenvalue weighted by Gasteiger charge is -2.32. The van der Waals surface area contributed by atoms with Gasteiger partial charge in [0.2, 0.25) is 5.91 Å². The van der Waals surface area contributed by atoms with Crippen molar-refractivity contribution in [2.24, 2.45) is 0 Å². The minimum atomic E-state index is -1.11. The number of nitrogens with one attached hydrogen (secondary N) is 1. The number of carboxylic acid groups (broad SMARTS) is 1. The number of benzene rings is 1. The zero-order chi connectivity index (χ0) is 19.9. The van der Waals surface area contributed by atoms with Crippen LogP contribution in [0.4, 0.5) is 4.79 Å².